The Balaban J connectivity index is 1.64. The number of carbonyl (C=O) groups excluding carboxylic acids is 2. The van der Waals surface area contributed by atoms with E-state index in [1.54, 1.807) is 4.90 Å². The number of hydrogen-bond donors (Lipinski definition) is 1. The van der Waals surface area contributed by atoms with Gasteiger partial charge in [-0.3, -0.25) is 14.6 Å². The van der Waals surface area contributed by atoms with Gasteiger partial charge in [0.15, 0.2) is 0 Å². The molecule has 2 heterocycles. The molecule has 0 spiro atoms. The average molecular weight is 310 g/mol. The van der Waals surface area contributed by atoms with Crippen LogP contribution in [0.5, 0.6) is 0 Å². The van der Waals surface area contributed by atoms with Gasteiger partial charge in [0.2, 0.25) is 5.91 Å². The van der Waals surface area contributed by atoms with E-state index in [9.17, 15) is 9.59 Å². The summed E-state index contributed by atoms with van der Waals surface area (Å²) in [7, 11) is 0. The van der Waals surface area contributed by atoms with Crippen molar-refractivity contribution in [3.05, 3.63) is 54.6 Å². The number of piperidine rings is 1. The molecule has 1 aliphatic heterocycles. The van der Waals surface area contributed by atoms with Crippen molar-refractivity contribution >= 4 is 17.5 Å². The molecule has 2 aromatic rings. The lowest BCUT2D eigenvalue weighted by Gasteiger charge is -2.31. The Morgan fingerprint density at radius 1 is 1.17 bits per heavy atom. The molecule has 0 aliphatic carbocycles. The lowest BCUT2D eigenvalue weighted by atomic mass is 9.96. The largest absolute Gasteiger partial charge is 0.336 e. The van der Waals surface area contributed by atoms with Crippen LogP contribution in [0.15, 0.2) is 48.9 Å². The number of para-hydroxylation sites is 1. The van der Waals surface area contributed by atoms with E-state index in [4.69, 9.17) is 0 Å². The third-order valence-electron chi connectivity index (χ3n) is 3.90. The first-order chi connectivity index (χ1) is 11.2. The summed E-state index contributed by atoms with van der Waals surface area (Å²) in [6, 6.07) is 9.35. The zero-order chi connectivity index (χ0) is 16.1. The van der Waals surface area contributed by atoms with Gasteiger partial charge in [0.25, 0.3) is 5.91 Å². The zero-order valence-corrected chi connectivity index (χ0v) is 12.7. The van der Waals surface area contributed by atoms with Crippen LogP contribution in [0.4, 0.5) is 5.69 Å². The van der Waals surface area contributed by atoms with Crippen molar-refractivity contribution in [2.24, 2.45) is 5.92 Å². The van der Waals surface area contributed by atoms with Gasteiger partial charge in [0, 0.05) is 31.2 Å². The number of aromatic nitrogens is 2. The molecule has 1 saturated heterocycles. The maximum absolute atomic E-state index is 12.4. The van der Waals surface area contributed by atoms with Gasteiger partial charge in [0.05, 0.1) is 12.1 Å². The number of benzene rings is 1. The fraction of sp³-hybridized carbons (Fsp3) is 0.294. The Labute approximate surface area is 134 Å². The minimum Gasteiger partial charge on any atom is -0.336 e. The first-order valence-corrected chi connectivity index (χ1v) is 7.65. The fourth-order valence-corrected chi connectivity index (χ4v) is 2.71. The predicted molar refractivity (Wildman–Crippen MR) is 85.7 cm³/mol. The Kier molecular flexibility index (Phi) is 4.61. The Hall–Kier alpha value is -2.76. The molecule has 0 radical (unpaired) electrons. The van der Waals surface area contributed by atoms with Crippen molar-refractivity contribution in [1.82, 2.24) is 14.9 Å². The van der Waals surface area contributed by atoms with Gasteiger partial charge < -0.3 is 10.2 Å². The number of nitrogens with one attached hydrogen (secondary N) is 1. The Morgan fingerprint density at radius 2 is 2.00 bits per heavy atom. The monoisotopic (exact) mass is 310 g/mol. The zero-order valence-electron chi connectivity index (χ0n) is 12.7. The van der Waals surface area contributed by atoms with Crippen LogP contribution in [-0.4, -0.2) is 39.8 Å². The summed E-state index contributed by atoms with van der Waals surface area (Å²) in [5, 5.41) is 2.91. The second-order valence-electron chi connectivity index (χ2n) is 5.54. The minimum absolute atomic E-state index is 0.0483. The normalized spacial score (nSPS) is 17.6. The summed E-state index contributed by atoms with van der Waals surface area (Å²) in [6.07, 6.45) is 6.07. The van der Waals surface area contributed by atoms with Crippen LogP contribution >= 0.6 is 0 Å². The van der Waals surface area contributed by atoms with Gasteiger partial charge in [0.1, 0.15) is 5.69 Å². The van der Waals surface area contributed by atoms with Crippen LogP contribution in [0.25, 0.3) is 0 Å². The van der Waals surface area contributed by atoms with E-state index in [2.05, 4.69) is 15.3 Å². The van der Waals surface area contributed by atoms with E-state index >= 15 is 0 Å². The SMILES string of the molecule is O=C(Nc1ccccc1)[C@@H]1CCCN(C(=O)c2cnccn2)C1. The lowest BCUT2D eigenvalue weighted by Crippen LogP contribution is -2.44. The quantitative estimate of drug-likeness (QED) is 0.940. The van der Waals surface area contributed by atoms with Crippen molar-refractivity contribution in [1.29, 1.82) is 0 Å². The van der Waals surface area contributed by atoms with Crippen LogP contribution in [0, 0.1) is 5.92 Å². The number of carbonyl (C=O) groups is 2. The maximum Gasteiger partial charge on any atom is 0.274 e. The van der Waals surface area contributed by atoms with Crippen LogP contribution in [0.1, 0.15) is 23.3 Å². The first kappa shape index (κ1) is 15.1. The summed E-state index contributed by atoms with van der Waals surface area (Å²) in [4.78, 5) is 34.5. The standard InChI is InChI=1S/C17H18N4O2/c22-16(20-14-6-2-1-3-7-14)13-5-4-10-21(12-13)17(23)15-11-18-8-9-19-15/h1-3,6-9,11,13H,4-5,10,12H2,(H,20,22)/t13-/m1/s1. The fourth-order valence-electron chi connectivity index (χ4n) is 2.71. The molecule has 1 fully saturated rings. The smallest absolute Gasteiger partial charge is 0.274 e. The van der Waals surface area contributed by atoms with E-state index in [0.717, 1.165) is 18.5 Å². The molecular weight excluding hydrogens is 292 g/mol. The Morgan fingerprint density at radius 3 is 2.74 bits per heavy atom. The van der Waals surface area contributed by atoms with Crippen molar-refractivity contribution in [2.45, 2.75) is 12.8 Å². The molecule has 1 N–H and O–H groups in total. The summed E-state index contributed by atoms with van der Waals surface area (Å²) in [5.74, 6) is -0.423. The van der Waals surface area contributed by atoms with E-state index in [-0.39, 0.29) is 17.7 Å². The third-order valence-corrected chi connectivity index (χ3v) is 3.90. The summed E-state index contributed by atoms with van der Waals surface area (Å²) < 4.78 is 0. The highest BCUT2D eigenvalue weighted by Gasteiger charge is 2.29. The van der Waals surface area contributed by atoms with Gasteiger partial charge in [-0.25, -0.2) is 4.98 Å². The second kappa shape index (κ2) is 7.00. The molecule has 1 aliphatic rings. The van der Waals surface area contributed by atoms with Crippen molar-refractivity contribution in [2.75, 3.05) is 18.4 Å². The molecule has 23 heavy (non-hydrogen) atoms. The second-order valence-corrected chi connectivity index (χ2v) is 5.54. The number of rotatable bonds is 3. The molecular formula is C17H18N4O2. The maximum atomic E-state index is 12.4. The molecule has 1 atom stereocenters. The molecule has 6 nitrogen and oxygen atoms in total. The summed E-state index contributed by atoms with van der Waals surface area (Å²) in [5.41, 5.74) is 1.09. The van der Waals surface area contributed by atoms with Crippen LogP contribution in [0.2, 0.25) is 0 Å². The third kappa shape index (κ3) is 3.71. The van der Waals surface area contributed by atoms with Crippen molar-refractivity contribution in [3.8, 4) is 0 Å². The first-order valence-electron chi connectivity index (χ1n) is 7.65. The summed E-state index contributed by atoms with van der Waals surface area (Å²) in [6.45, 7) is 1.05. The van der Waals surface area contributed by atoms with Crippen LogP contribution < -0.4 is 5.32 Å². The van der Waals surface area contributed by atoms with Gasteiger partial charge in [-0.2, -0.15) is 0 Å². The van der Waals surface area contributed by atoms with E-state index in [1.807, 2.05) is 30.3 Å². The van der Waals surface area contributed by atoms with E-state index < -0.39 is 0 Å². The molecule has 6 heteroatoms. The highest BCUT2D eigenvalue weighted by molar-refractivity contribution is 5.95. The molecule has 0 unspecified atom stereocenters. The number of likely N-dealkylation sites (tertiary alicyclic amines) is 1. The van der Waals surface area contributed by atoms with Gasteiger partial charge in [-0.1, -0.05) is 18.2 Å². The number of hydrogen-bond acceptors (Lipinski definition) is 4. The number of amides is 2. The van der Waals surface area contributed by atoms with Crippen molar-refractivity contribution < 1.29 is 9.59 Å². The van der Waals surface area contributed by atoms with Crippen LogP contribution in [-0.2, 0) is 4.79 Å². The van der Waals surface area contributed by atoms with E-state index in [1.165, 1.54) is 18.6 Å². The Bertz CT molecular complexity index is 676. The summed E-state index contributed by atoms with van der Waals surface area (Å²) >= 11 is 0. The number of nitrogens with zero attached hydrogens (tertiary/aromatic N) is 3. The topological polar surface area (TPSA) is 75.2 Å². The molecule has 118 valence electrons. The average Bonchev–Trinajstić information content (AvgIpc) is 2.63. The minimum atomic E-state index is -0.204. The van der Waals surface area contributed by atoms with Gasteiger partial charge in [-0.15, -0.1) is 0 Å². The number of anilines is 1. The molecule has 3 rings (SSSR count). The highest BCUT2D eigenvalue weighted by atomic mass is 16.2. The lowest BCUT2D eigenvalue weighted by molar-refractivity contribution is -0.121. The predicted octanol–water partition coefficient (Wildman–Crippen LogP) is 1.97. The van der Waals surface area contributed by atoms with Crippen molar-refractivity contribution in [3.63, 3.8) is 0 Å². The van der Waals surface area contributed by atoms with Gasteiger partial charge in [-0.05, 0) is 25.0 Å². The van der Waals surface area contributed by atoms with Gasteiger partial charge >= 0.3 is 0 Å². The molecule has 1 aromatic heterocycles. The van der Waals surface area contributed by atoms with E-state index in [0.29, 0.717) is 18.8 Å². The van der Waals surface area contributed by atoms with Crippen LogP contribution in [0.3, 0.4) is 0 Å². The molecule has 0 bridgehead atoms. The molecule has 1 aromatic carbocycles. The molecule has 0 saturated carbocycles. The highest BCUT2D eigenvalue weighted by Crippen LogP contribution is 2.20. The molecule has 2 amide bonds.